The van der Waals surface area contributed by atoms with E-state index in [4.69, 9.17) is 14.2 Å². The van der Waals surface area contributed by atoms with Crippen molar-refractivity contribution < 1.29 is 33.5 Å². The largest absolute Gasteiger partial charge is 0.469 e. The molecule has 2 aromatic rings. The van der Waals surface area contributed by atoms with Crippen LogP contribution in [0.25, 0.3) is 0 Å². The van der Waals surface area contributed by atoms with Crippen molar-refractivity contribution in [3.8, 4) is 0 Å². The Morgan fingerprint density at radius 1 is 1.11 bits per heavy atom. The maximum Gasteiger partial charge on any atom is 0.373 e. The molecule has 2 aromatic carbocycles. The summed E-state index contributed by atoms with van der Waals surface area (Å²) in [7, 11) is 2.32. The summed E-state index contributed by atoms with van der Waals surface area (Å²) in [5, 5.41) is 14.6. The Balaban J connectivity index is 2.00. The molecule has 0 unspecified atom stereocenters. The predicted molar refractivity (Wildman–Crippen MR) is 128 cm³/mol. The Morgan fingerprint density at radius 2 is 1.83 bits per heavy atom. The van der Waals surface area contributed by atoms with Gasteiger partial charge >= 0.3 is 11.9 Å². The molecule has 0 aromatic heterocycles. The van der Waals surface area contributed by atoms with Crippen molar-refractivity contribution in [1.29, 1.82) is 0 Å². The fraction of sp³-hybridized carbons (Fsp3) is 0.346. The van der Waals surface area contributed by atoms with E-state index in [-0.39, 0.29) is 29.2 Å². The Labute approximate surface area is 207 Å². The summed E-state index contributed by atoms with van der Waals surface area (Å²) in [4.78, 5) is 51.0. The number of nitrogens with one attached hydrogen (secondary N) is 1. The van der Waals surface area contributed by atoms with Gasteiger partial charge in [-0.2, -0.15) is 0 Å². The second kappa shape index (κ2) is 9.80. The lowest BCUT2D eigenvalue weighted by Gasteiger charge is -2.47. The maximum absolute atomic E-state index is 13.5. The molecule has 1 aliphatic heterocycles. The number of nitrogens with zero attached hydrogens (tertiary/aromatic N) is 1. The number of benzene rings is 2. The number of ketones is 1. The molecule has 0 fully saturated rings. The molecule has 0 spiro atoms. The van der Waals surface area contributed by atoms with Crippen LogP contribution in [0.1, 0.15) is 36.3 Å². The number of non-ortho nitro benzene ring substituents is 1. The molecule has 4 rings (SSSR count). The van der Waals surface area contributed by atoms with E-state index in [0.29, 0.717) is 24.1 Å². The quantitative estimate of drug-likeness (QED) is 0.361. The minimum atomic E-state index is -2.11. The minimum absolute atomic E-state index is 0.211. The van der Waals surface area contributed by atoms with E-state index in [1.165, 1.54) is 18.2 Å². The van der Waals surface area contributed by atoms with E-state index in [1.807, 2.05) is 19.1 Å². The summed E-state index contributed by atoms with van der Waals surface area (Å²) in [6, 6.07) is 12.7. The van der Waals surface area contributed by atoms with Gasteiger partial charge in [0.05, 0.1) is 19.1 Å². The van der Waals surface area contributed by atoms with Crippen LogP contribution in [0.2, 0.25) is 0 Å². The first kappa shape index (κ1) is 24.9. The fourth-order valence-electron chi connectivity index (χ4n) is 4.89. The first-order valence-electron chi connectivity index (χ1n) is 11.4. The summed E-state index contributed by atoms with van der Waals surface area (Å²) in [5.41, 5.74) is -0.374. The Morgan fingerprint density at radius 3 is 2.47 bits per heavy atom. The van der Waals surface area contributed by atoms with Crippen LogP contribution in [0, 0.1) is 23.0 Å². The highest BCUT2D eigenvalue weighted by atomic mass is 16.6. The number of ether oxygens (including phenoxy) is 3. The van der Waals surface area contributed by atoms with E-state index < -0.39 is 34.4 Å². The molecule has 1 aliphatic carbocycles. The van der Waals surface area contributed by atoms with Crippen molar-refractivity contribution in [2.24, 2.45) is 5.92 Å². The van der Waals surface area contributed by atoms with Gasteiger partial charge in [-0.05, 0) is 31.0 Å². The predicted octanol–water partition coefficient (Wildman–Crippen LogP) is 3.79. The van der Waals surface area contributed by atoms with Gasteiger partial charge in [-0.1, -0.05) is 29.8 Å². The number of allylic oxidation sites excluding steroid dienone is 2. The highest BCUT2D eigenvalue weighted by Gasteiger charge is 2.62. The zero-order valence-corrected chi connectivity index (χ0v) is 20.1. The number of hydrogen-bond acceptors (Lipinski definition) is 9. The van der Waals surface area contributed by atoms with Crippen LogP contribution in [0.5, 0.6) is 0 Å². The second-order valence-electron chi connectivity index (χ2n) is 8.76. The standard InChI is InChI=1S/C26H26N2O8/c1-15-10-12-17(13-11-15)27-26(25(31)35-3)23(24(30)34-2)21(16-6-4-7-18(14-16)28(32)33)22-19(29)8-5-9-20(22)36-26/h4,6-7,10-14,21,23,27H,5,8-9H2,1-3H3/t21-,23-,26+/m0/s1. The summed E-state index contributed by atoms with van der Waals surface area (Å²) in [6.45, 7) is 1.90. The smallest absolute Gasteiger partial charge is 0.373 e. The molecular weight excluding hydrogens is 468 g/mol. The number of carbonyl (C=O) groups excluding carboxylic acids is 3. The molecule has 0 amide bonds. The lowest BCUT2D eigenvalue weighted by molar-refractivity contribution is -0.384. The Bertz CT molecular complexity index is 1250. The summed E-state index contributed by atoms with van der Waals surface area (Å²) >= 11 is 0. The van der Waals surface area contributed by atoms with Gasteiger partial charge in [-0.25, -0.2) is 4.79 Å². The zero-order chi connectivity index (χ0) is 26.0. The molecule has 10 heteroatoms. The van der Waals surface area contributed by atoms with Crippen LogP contribution < -0.4 is 5.32 Å². The number of aryl methyl sites for hydroxylation is 1. The third-order valence-corrected chi connectivity index (χ3v) is 6.54. The van der Waals surface area contributed by atoms with Gasteiger partial charge in [-0.3, -0.25) is 19.7 Å². The van der Waals surface area contributed by atoms with E-state index in [2.05, 4.69) is 5.32 Å². The number of nitro groups is 1. The third kappa shape index (κ3) is 4.30. The molecule has 0 saturated heterocycles. The van der Waals surface area contributed by atoms with Crippen LogP contribution in [0.3, 0.4) is 0 Å². The first-order chi connectivity index (χ1) is 17.2. The van der Waals surface area contributed by atoms with Gasteiger partial charge in [0.15, 0.2) is 5.78 Å². The number of nitro benzene ring substituents is 1. The van der Waals surface area contributed by atoms with Crippen molar-refractivity contribution in [3.05, 3.63) is 81.1 Å². The second-order valence-corrected chi connectivity index (χ2v) is 8.76. The van der Waals surface area contributed by atoms with Crippen molar-refractivity contribution in [2.75, 3.05) is 19.5 Å². The molecule has 188 valence electrons. The lowest BCUT2D eigenvalue weighted by Crippen LogP contribution is -2.62. The monoisotopic (exact) mass is 494 g/mol. The van der Waals surface area contributed by atoms with Crippen LogP contribution in [0.15, 0.2) is 59.9 Å². The molecule has 1 heterocycles. The van der Waals surface area contributed by atoms with Gasteiger partial charge in [0, 0.05) is 42.2 Å². The zero-order valence-electron chi connectivity index (χ0n) is 20.1. The van der Waals surface area contributed by atoms with Gasteiger partial charge < -0.3 is 19.5 Å². The molecule has 0 radical (unpaired) electrons. The number of Topliss-reactive ketones (excluding diaryl/α,β-unsaturated/α-hetero) is 1. The van der Waals surface area contributed by atoms with Crippen LogP contribution >= 0.6 is 0 Å². The SMILES string of the molecule is COC(=O)[C@@H]1[C@@H](c2cccc([N+](=O)[O-])c2)C2=C(CCCC2=O)O[C@@]1(Nc1ccc(C)cc1)C(=O)OC. The van der Waals surface area contributed by atoms with Gasteiger partial charge in [0.2, 0.25) is 0 Å². The summed E-state index contributed by atoms with van der Waals surface area (Å²) in [6.07, 6.45) is 1.05. The molecule has 3 atom stereocenters. The number of esters is 2. The summed E-state index contributed by atoms with van der Waals surface area (Å²) < 4.78 is 16.5. The highest BCUT2D eigenvalue weighted by Crippen LogP contribution is 2.51. The number of rotatable bonds is 6. The van der Waals surface area contributed by atoms with E-state index >= 15 is 0 Å². The van der Waals surface area contributed by atoms with Gasteiger partial charge in [0.1, 0.15) is 11.7 Å². The van der Waals surface area contributed by atoms with Crippen molar-refractivity contribution >= 4 is 29.1 Å². The molecule has 2 aliphatic rings. The van der Waals surface area contributed by atoms with Crippen LogP contribution in [-0.2, 0) is 28.6 Å². The first-order valence-corrected chi connectivity index (χ1v) is 11.4. The average molecular weight is 495 g/mol. The number of anilines is 1. The number of methoxy groups -OCH3 is 2. The summed E-state index contributed by atoms with van der Waals surface area (Å²) in [5.74, 6) is -4.27. The molecule has 0 bridgehead atoms. The molecule has 10 nitrogen and oxygen atoms in total. The van der Waals surface area contributed by atoms with Crippen molar-refractivity contribution in [2.45, 2.75) is 37.8 Å². The Kier molecular flexibility index (Phi) is 6.78. The van der Waals surface area contributed by atoms with E-state index in [9.17, 15) is 24.5 Å². The average Bonchev–Trinajstić information content (AvgIpc) is 2.88. The molecule has 1 N–H and O–H groups in total. The fourth-order valence-corrected chi connectivity index (χ4v) is 4.89. The number of hydrogen-bond donors (Lipinski definition) is 1. The molecular formula is C26H26N2O8. The van der Waals surface area contributed by atoms with Gasteiger partial charge in [0.25, 0.3) is 11.4 Å². The highest BCUT2D eigenvalue weighted by molar-refractivity contribution is 6.01. The Hall–Kier alpha value is -4.21. The van der Waals surface area contributed by atoms with Crippen molar-refractivity contribution in [1.82, 2.24) is 0 Å². The molecule has 36 heavy (non-hydrogen) atoms. The lowest BCUT2D eigenvalue weighted by atomic mass is 9.69. The van der Waals surface area contributed by atoms with Crippen LogP contribution in [0.4, 0.5) is 11.4 Å². The maximum atomic E-state index is 13.5. The minimum Gasteiger partial charge on any atom is -0.469 e. The van der Waals surface area contributed by atoms with Crippen molar-refractivity contribution in [3.63, 3.8) is 0 Å². The number of carbonyl (C=O) groups is 3. The van der Waals surface area contributed by atoms with Gasteiger partial charge in [-0.15, -0.1) is 0 Å². The molecule has 0 saturated carbocycles. The topological polar surface area (TPSA) is 134 Å². The third-order valence-electron chi connectivity index (χ3n) is 6.54. The normalized spacial score (nSPS) is 23.2. The van der Waals surface area contributed by atoms with E-state index in [0.717, 1.165) is 19.8 Å². The van der Waals surface area contributed by atoms with E-state index in [1.54, 1.807) is 18.2 Å². The van der Waals surface area contributed by atoms with Crippen LogP contribution in [-0.4, -0.2) is 42.6 Å².